The van der Waals surface area contributed by atoms with Crippen LogP contribution in [-0.4, -0.2) is 40.3 Å². The minimum absolute atomic E-state index is 0.106. The highest BCUT2D eigenvalue weighted by atomic mass is 16.6. The maximum atomic E-state index is 12.6. The summed E-state index contributed by atoms with van der Waals surface area (Å²) < 4.78 is 0. The average Bonchev–Trinajstić information content (AvgIpc) is 2.94. The van der Waals surface area contributed by atoms with Gasteiger partial charge in [-0.1, -0.05) is 6.92 Å². The number of nitrogens with zero attached hydrogens (tertiary/aromatic N) is 3. The molecule has 1 aromatic rings. The molecule has 1 amide bonds. The SMILES string of the molecule is CCC1CCCN1C(=O)c1cc(NC)ncc1[N+](=O)[O-]. The number of carbonyl (C=O) groups excluding carboxylic acids is 1. The summed E-state index contributed by atoms with van der Waals surface area (Å²) in [6.45, 7) is 2.68. The molecule has 1 N–H and O–H groups in total. The molecule has 1 aromatic heterocycles. The minimum atomic E-state index is -0.559. The molecule has 1 atom stereocenters. The van der Waals surface area contributed by atoms with Crippen LogP contribution in [0.3, 0.4) is 0 Å². The highest BCUT2D eigenvalue weighted by molar-refractivity contribution is 5.99. The lowest BCUT2D eigenvalue weighted by Gasteiger charge is -2.23. The van der Waals surface area contributed by atoms with Gasteiger partial charge in [0.25, 0.3) is 11.6 Å². The number of anilines is 1. The van der Waals surface area contributed by atoms with Crippen molar-refractivity contribution in [3.63, 3.8) is 0 Å². The monoisotopic (exact) mass is 278 g/mol. The van der Waals surface area contributed by atoms with E-state index in [0.717, 1.165) is 25.5 Å². The van der Waals surface area contributed by atoms with Gasteiger partial charge in [0.1, 0.15) is 17.6 Å². The number of rotatable bonds is 4. The van der Waals surface area contributed by atoms with E-state index in [1.165, 1.54) is 6.07 Å². The maximum absolute atomic E-state index is 12.6. The van der Waals surface area contributed by atoms with Gasteiger partial charge in [-0.05, 0) is 19.3 Å². The number of likely N-dealkylation sites (tertiary alicyclic amines) is 1. The first-order valence-corrected chi connectivity index (χ1v) is 6.71. The molecular formula is C13H18N4O3. The van der Waals surface area contributed by atoms with Crippen molar-refractivity contribution in [2.45, 2.75) is 32.2 Å². The Balaban J connectivity index is 2.39. The third-order valence-corrected chi connectivity index (χ3v) is 3.68. The fraction of sp³-hybridized carbons (Fsp3) is 0.538. The summed E-state index contributed by atoms with van der Waals surface area (Å²) >= 11 is 0. The predicted octanol–water partition coefficient (Wildman–Crippen LogP) is 2.05. The molecule has 0 saturated carbocycles. The zero-order chi connectivity index (χ0) is 14.7. The Kier molecular flexibility index (Phi) is 4.16. The summed E-state index contributed by atoms with van der Waals surface area (Å²) in [4.78, 5) is 28.7. The van der Waals surface area contributed by atoms with Gasteiger partial charge >= 0.3 is 0 Å². The number of nitrogens with one attached hydrogen (secondary N) is 1. The first-order chi connectivity index (χ1) is 9.58. The number of hydrogen-bond acceptors (Lipinski definition) is 5. The third kappa shape index (κ3) is 2.56. The van der Waals surface area contributed by atoms with E-state index in [-0.39, 0.29) is 23.2 Å². The van der Waals surface area contributed by atoms with Gasteiger partial charge in [-0.3, -0.25) is 14.9 Å². The highest BCUT2D eigenvalue weighted by Crippen LogP contribution is 2.27. The van der Waals surface area contributed by atoms with Crippen molar-refractivity contribution >= 4 is 17.4 Å². The number of amides is 1. The van der Waals surface area contributed by atoms with Gasteiger partial charge in [0.05, 0.1) is 4.92 Å². The molecule has 7 heteroatoms. The van der Waals surface area contributed by atoms with Crippen molar-refractivity contribution in [3.05, 3.63) is 27.9 Å². The number of hydrogen-bond donors (Lipinski definition) is 1. The van der Waals surface area contributed by atoms with Crippen molar-refractivity contribution in [1.82, 2.24) is 9.88 Å². The largest absolute Gasteiger partial charge is 0.373 e. The molecule has 1 fully saturated rings. The fourth-order valence-electron chi connectivity index (χ4n) is 2.58. The molecule has 1 aliphatic heterocycles. The number of carbonyl (C=O) groups is 1. The van der Waals surface area contributed by atoms with Crippen LogP contribution in [0, 0.1) is 10.1 Å². The Morgan fingerprint density at radius 3 is 3.00 bits per heavy atom. The fourth-order valence-corrected chi connectivity index (χ4v) is 2.58. The number of aromatic nitrogens is 1. The van der Waals surface area contributed by atoms with E-state index in [1.54, 1.807) is 11.9 Å². The summed E-state index contributed by atoms with van der Waals surface area (Å²) in [5.41, 5.74) is -0.134. The molecule has 1 aliphatic rings. The van der Waals surface area contributed by atoms with Crippen LogP contribution >= 0.6 is 0 Å². The van der Waals surface area contributed by atoms with Crippen LogP contribution in [0.5, 0.6) is 0 Å². The molecule has 1 saturated heterocycles. The molecule has 0 radical (unpaired) electrons. The van der Waals surface area contributed by atoms with Crippen LogP contribution < -0.4 is 5.32 Å². The zero-order valence-electron chi connectivity index (χ0n) is 11.6. The summed E-state index contributed by atoms with van der Waals surface area (Å²) in [5.74, 6) is 0.172. The normalized spacial score (nSPS) is 18.1. The number of pyridine rings is 1. The predicted molar refractivity (Wildman–Crippen MR) is 74.8 cm³/mol. The van der Waals surface area contributed by atoms with Gasteiger partial charge in [-0.25, -0.2) is 4.98 Å². The summed E-state index contributed by atoms with van der Waals surface area (Å²) in [7, 11) is 1.66. The van der Waals surface area contributed by atoms with Gasteiger partial charge in [0.2, 0.25) is 0 Å². The molecule has 20 heavy (non-hydrogen) atoms. The Morgan fingerprint density at radius 2 is 2.40 bits per heavy atom. The van der Waals surface area contributed by atoms with Gasteiger partial charge in [-0.15, -0.1) is 0 Å². The second-order valence-electron chi connectivity index (χ2n) is 4.80. The van der Waals surface area contributed by atoms with Gasteiger partial charge in [0.15, 0.2) is 0 Å². The maximum Gasteiger partial charge on any atom is 0.300 e. The summed E-state index contributed by atoms with van der Waals surface area (Å²) in [6.07, 6.45) is 3.90. The molecule has 2 rings (SSSR count). The van der Waals surface area contributed by atoms with Crippen LogP contribution in [0.1, 0.15) is 36.5 Å². The average molecular weight is 278 g/mol. The Labute approximate surface area is 117 Å². The Bertz CT molecular complexity index is 532. The Hall–Kier alpha value is -2.18. The van der Waals surface area contributed by atoms with Crippen LogP contribution in [0.4, 0.5) is 11.5 Å². The van der Waals surface area contributed by atoms with E-state index in [2.05, 4.69) is 10.3 Å². The molecule has 0 bridgehead atoms. The molecule has 0 aliphatic carbocycles. The summed E-state index contributed by atoms with van der Waals surface area (Å²) in [5, 5.41) is 13.9. The van der Waals surface area contributed by atoms with E-state index < -0.39 is 4.92 Å². The highest BCUT2D eigenvalue weighted by Gasteiger charge is 2.32. The molecule has 108 valence electrons. The third-order valence-electron chi connectivity index (χ3n) is 3.68. The van der Waals surface area contributed by atoms with Crippen LogP contribution in [0.2, 0.25) is 0 Å². The minimum Gasteiger partial charge on any atom is -0.373 e. The molecule has 7 nitrogen and oxygen atoms in total. The quantitative estimate of drug-likeness (QED) is 0.672. The van der Waals surface area contributed by atoms with Gasteiger partial charge < -0.3 is 10.2 Å². The van der Waals surface area contributed by atoms with Crippen LogP contribution in [-0.2, 0) is 0 Å². The second kappa shape index (κ2) is 5.85. The van der Waals surface area contributed by atoms with Crippen LogP contribution in [0.15, 0.2) is 12.3 Å². The summed E-state index contributed by atoms with van der Waals surface area (Å²) in [6, 6.07) is 1.62. The number of nitro groups is 1. The van der Waals surface area contributed by atoms with E-state index in [1.807, 2.05) is 6.92 Å². The lowest BCUT2D eigenvalue weighted by molar-refractivity contribution is -0.385. The second-order valence-corrected chi connectivity index (χ2v) is 4.80. The molecular weight excluding hydrogens is 260 g/mol. The van der Waals surface area contributed by atoms with Crippen molar-refractivity contribution in [2.75, 3.05) is 18.9 Å². The topological polar surface area (TPSA) is 88.4 Å². The van der Waals surface area contributed by atoms with Crippen molar-refractivity contribution in [2.24, 2.45) is 0 Å². The van der Waals surface area contributed by atoms with Gasteiger partial charge in [0, 0.05) is 25.7 Å². The Morgan fingerprint density at radius 1 is 1.65 bits per heavy atom. The van der Waals surface area contributed by atoms with Crippen LogP contribution in [0.25, 0.3) is 0 Å². The van der Waals surface area contributed by atoms with Gasteiger partial charge in [-0.2, -0.15) is 0 Å². The molecule has 2 heterocycles. The van der Waals surface area contributed by atoms with E-state index in [0.29, 0.717) is 12.4 Å². The van der Waals surface area contributed by atoms with Crippen molar-refractivity contribution in [1.29, 1.82) is 0 Å². The standard InChI is InChI=1S/C13H18N4O3/c1-3-9-5-4-6-16(9)13(18)10-7-12(14-2)15-8-11(10)17(19)20/h7-9H,3-6H2,1-2H3,(H,14,15). The van der Waals surface area contributed by atoms with E-state index in [4.69, 9.17) is 0 Å². The lowest BCUT2D eigenvalue weighted by atomic mass is 10.1. The smallest absolute Gasteiger partial charge is 0.300 e. The van der Waals surface area contributed by atoms with E-state index >= 15 is 0 Å². The zero-order valence-corrected chi connectivity index (χ0v) is 11.6. The lowest BCUT2D eigenvalue weighted by Crippen LogP contribution is -2.35. The van der Waals surface area contributed by atoms with Crippen molar-refractivity contribution in [3.8, 4) is 0 Å². The first kappa shape index (κ1) is 14.2. The molecule has 1 unspecified atom stereocenters. The van der Waals surface area contributed by atoms with Crippen molar-refractivity contribution < 1.29 is 9.72 Å². The molecule has 0 aromatic carbocycles. The molecule has 0 spiro atoms. The first-order valence-electron chi connectivity index (χ1n) is 6.71. The van der Waals surface area contributed by atoms with E-state index in [9.17, 15) is 14.9 Å².